The molecule has 0 heterocycles. The number of hydrogen-bond donors (Lipinski definition) is 2. The molecule has 2 aromatic carbocycles. The van der Waals surface area contributed by atoms with Gasteiger partial charge in [0.2, 0.25) is 0 Å². The molecule has 0 saturated heterocycles. The fraction of sp³-hybridized carbons (Fsp3) is 0.360. The Hall–Kier alpha value is -3.83. The maximum absolute atomic E-state index is 12.2. The molecule has 0 aromatic heterocycles. The van der Waals surface area contributed by atoms with Gasteiger partial charge in [0.15, 0.2) is 11.5 Å². The Morgan fingerprint density at radius 1 is 0.892 bits per heavy atom. The number of ether oxygens (including phenoxy) is 5. The summed E-state index contributed by atoms with van der Waals surface area (Å²) in [5.74, 6) is -1.91. The van der Waals surface area contributed by atoms with Gasteiger partial charge in [-0.2, -0.15) is 0 Å². The average molecular weight is 540 g/mol. The van der Waals surface area contributed by atoms with E-state index in [-0.39, 0.29) is 50.1 Å². The molecular weight excluding hydrogens is 510 g/mol. The molecule has 0 radical (unpaired) electrons. The van der Waals surface area contributed by atoms with E-state index in [9.17, 15) is 24.3 Å². The first kappa shape index (κ1) is 31.2. The van der Waals surface area contributed by atoms with Gasteiger partial charge in [-0.25, -0.2) is 14.4 Å². The molecule has 0 saturated carbocycles. The zero-order valence-corrected chi connectivity index (χ0v) is 21.4. The van der Waals surface area contributed by atoms with Gasteiger partial charge < -0.3 is 34.1 Å². The Morgan fingerprint density at radius 3 is 2.05 bits per heavy atom. The fourth-order valence-electron chi connectivity index (χ4n) is 2.98. The lowest BCUT2D eigenvalue weighted by Gasteiger charge is -2.19. The lowest BCUT2D eigenvalue weighted by molar-refractivity contribution is -0.139. The molecule has 0 aliphatic heterocycles. The van der Waals surface area contributed by atoms with E-state index in [0.29, 0.717) is 11.1 Å². The highest BCUT2D eigenvalue weighted by Gasteiger charge is 2.22. The topological polar surface area (TPSA) is 147 Å². The summed E-state index contributed by atoms with van der Waals surface area (Å²) in [6.07, 6.45) is -2.65. The Kier molecular flexibility index (Phi) is 13.5. The van der Waals surface area contributed by atoms with Gasteiger partial charge in [-0.1, -0.05) is 24.3 Å². The average Bonchev–Trinajstić information content (AvgIpc) is 2.83. The SMILES string of the molecule is CCOC(=O)Oc1ccc(C[C@H](NCC(C)OC(=O)c2ccccc2)C(=O)O)cc1OC(=O)OCC.Cl. The van der Waals surface area contributed by atoms with Gasteiger partial charge >= 0.3 is 24.2 Å². The second-order valence-electron chi connectivity index (χ2n) is 7.44. The van der Waals surface area contributed by atoms with Gasteiger partial charge in [-0.05, 0) is 57.0 Å². The zero-order valence-electron chi connectivity index (χ0n) is 20.6. The van der Waals surface area contributed by atoms with E-state index in [1.165, 1.54) is 18.2 Å². The largest absolute Gasteiger partial charge is 0.513 e. The van der Waals surface area contributed by atoms with Crippen LogP contribution in [0.1, 0.15) is 36.7 Å². The minimum absolute atomic E-state index is 0. The van der Waals surface area contributed by atoms with Gasteiger partial charge in [-0.3, -0.25) is 4.79 Å². The molecular formula is C25H30ClNO10. The number of carbonyl (C=O) groups excluding carboxylic acids is 3. The van der Waals surface area contributed by atoms with Crippen LogP contribution in [0.25, 0.3) is 0 Å². The molecule has 0 bridgehead atoms. The molecule has 1 unspecified atom stereocenters. The van der Waals surface area contributed by atoms with E-state index in [0.717, 1.165) is 0 Å². The van der Waals surface area contributed by atoms with Crippen LogP contribution < -0.4 is 14.8 Å². The van der Waals surface area contributed by atoms with E-state index >= 15 is 0 Å². The summed E-state index contributed by atoms with van der Waals surface area (Å²) in [6, 6.07) is 11.6. The third-order valence-electron chi connectivity index (χ3n) is 4.63. The minimum atomic E-state index is -1.14. The number of benzene rings is 2. The number of esters is 1. The molecule has 0 aliphatic rings. The monoisotopic (exact) mass is 539 g/mol. The van der Waals surface area contributed by atoms with Gasteiger partial charge in [0.1, 0.15) is 12.1 Å². The van der Waals surface area contributed by atoms with Gasteiger partial charge in [0.25, 0.3) is 0 Å². The van der Waals surface area contributed by atoms with E-state index in [2.05, 4.69) is 5.32 Å². The summed E-state index contributed by atoms with van der Waals surface area (Å²) in [4.78, 5) is 47.5. The number of halogens is 1. The van der Waals surface area contributed by atoms with Crippen LogP contribution in [0.5, 0.6) is 11.5 Å². The van der Waals surface area contributed by atoms with E-state index in [1.54, 1.807) is 51.1 Å². The summed E-state index contributed by atoms with van der Waals surface area (Å²) in [5, 5.41) is 12.5. The Morgan fingerprint density at radius 2 is 1.49 bits per heavy atom. The van der Waals surface area contributed by atoms with E-state index < -0.39 is 36.4 Å². The highest BCUT2D eigenvalue weighted by Crippen LogP contribution is 2.30. The molecule has 202 valence electrons. The summed E-state index contributed by atoms with van der Waals surface area (Å²) in [6.45, 7) is 5.05. The van der Waals surface area contributed by atoms with Crippen LogP contribution in [0.15, 0.2) is 48.5 Å². The van der Waals surface area contributed by atoms with Crippen molar-refractivity contribution < 1.29 is 48.0 Å². The Labute approximate surface area is 220 Å². The lowest BCUT2D eigenvalue weighted by Crippen LogP contribution is -2.42. The van der Waals surface area contributed by atoms with Crippen molar-refractivity contribution in [3.05, 3.63) is 59.7 Å². The zero-order chi connectivity index (χ0) is 26.5. The smallest absolute Gasteiger partial charge is 0.480 e. The minimum Gasteiger partial charge on any atom is -0.480 e. The number of rotatable bonds is 12. The summed E-state index contributed by atoms with van der Waals surface area (Å²) in [5.41, 5.74) is 0.845. The standard InChI is InChI=1S/C25H29NO10.ClH/c1-4-32-24(30)35-20-12-11-17(14-21(20)36-25(31)33-5-2)13-19(22(27)28)26-15-16(3)34-23(29)18-9-7-6-8-10-18;/h6-12,14,16,19,26H,4-5,13,15H2,1-3H3,(H,27,28);1H/t16?,19-;/m0./s1. The van der Waals surface area contributed by atoms with Crippen LogP contribution in [-0.2, 0) is 25.4 Å². The van der Waals surface area contributed by atoms with Crippen molar-refractivity contribution in [1.29, 1.82) is 0 Å². The predicted molar refractivity (Wildman–Crippen MR) is 133 cm³/mol. The molecule has 0 aliphatic carbocycles. The molecule has 37 heavy (non-hydrogen) atoms. The summed E-state index contributed by atoms with van der Waals surface area (Å²) >= 11 is 0. The molecule has 2 aromatic rings. The van der Waals surface area contributed by atoms with Crippen LogP contribution >= 0.6 is 12.4 Å². The number of carboxylic acid groups (broad SMARTS) is 1. The van der Waals surface area contributed by atoms with Crippen molar-refractivity contribution in [1.82, 2.24) is 5.32 Å². The van der Waals surface area contributed by atoms with Crippen molar-refractivity contribution in [2.24, 2.45) is 0 Å². The van der Waals surface area contributed by atoms with E-state index in [1.807, 2.05) is 0 Å². The van der Waals surface area contributed by atoms with Gasteiger partial charge in [0, 0.05) is 6.54 Å². The first-order valence-corrected chi connectivity index (χ1v) is 11.3. The highest BCUT2D eigenvalue weighted by atomic mass is 35.5. The first-order chi connectivity index (χ1) is 17.2. The van der Waals surface area contributed by atoms with Crippen LogP contribution in [0.4, 0.5) is 9.59 Å². The normalized spacial score (nSPS) is 11.8. The quantitative estimate of drug-likeness (QED) is 0.229. The predicted octanol–water partition coefficient (Wildman–Crippen LogP) is 4.01. The maximum Gasteiger partial charge on any atom is 0.513 e. The van der Waals surface area contributed by atoms with Crippen molar-refractivity contribution in [2.75, 3.05) is 19.8 Å². The molecule has 0 spiro atoms. The number of nitrogens with one attached hydrogen (secondary N) is 1. The second kappa shape index (κ2) is 16.0. The summed E-state index contributed by atoms with van der Waals surface area (Å²) < 4.78 is 25.0. The lowest BCUT2D eigenvalue weighted by atomic mass is 10.0. The molecule has 2 N–H and O–H groups in total. The number of carboxylic acids is 1. The third kappa shape index (κ3) is 10.8. The summed E-state index contributed by atoms with van der Waals surface area (Å²) in [7, 11) is 0. The third-order valence-corrected chi connectivity index (χ3v) is 4.63. The fourth-order valence-corrected chi connectivity index (χ4v) is 2.98. The van der Waals surface area contributed by atoms with Crippen molar-refractivity contribution in [3.63, 3.8) is 0 Å². The second-order valence-corrected chi connectivity index (χ2v) is 7.44. The molecule has 11 nitrogen and oxygen atoms in total. The van der Waals surface area contributed by atoms with Crippen molar-refractivity contribution in [3.8, 4) is 11.5 Å². The van der Waals surface area contributed by atoms with Crippen molar-refractivity contribution >= 4 is 36.7 Å². The van der Waals surface area contributed by atoms with Crippen LogP contribution in [0, 0.1) is 0 Å². The van der Waals surface area contributed by atoms with E-state index in [4.69, 9.17) is 23.7 Å². The van der Waals surface area contributed by atoms with Crippen LogP contribution in [-0.4, -0.2) is 61.3 Å². The Bertz CT molecular complexity index is 1050. The molecule has 12 heteroatoms. The molecule has 2 rings (SSSR count). The number of aliphatic carboxylic acids is 1. The van der Waals surface area contributed by atoms with Crippen LogP contribution in [0.3, 0.4) is 0 Å². The number of carbonyl (C=O) groups is 4. The molecule has 0 amide bonds. The van der Waals surface area contributed by atoms with Crippen molar-refractivity contribution in [2.45, 2.75) is 39.3 Å². The first-order valence-electron chi connectivity index (χ1n) is 11.3. The number of hydrogen-bond acceptors (Lipinski definition) is 10. The highest BCUT2D eigenvalue weighted by molar-refractivity contribution is 5.89. The van der Waals surface area contributed by atoms with Crippen LogP contribution in [0.2, 0.25) is 0 Å². The molecule has 0 fully saturated rings. The molecule has 2 atom stereocenters. The Balaban J connectivity index is 0.00000684. The van der Waals surface area contributed by atoms with Gasteiger partial charge in [-0.15, -0.1) is 12.4 Å². The van der Waals surface area contributed by atoms with Gasteiger partial charge in [0.05, 0.1) is 18.8 Å². The maximum atomic E-state index is 12.2.